The number of carbonyl (C=O) groups excluding carboxylic acids is 1. The fourth-order valence-electron chi connectivity index (χ4n) is 3.39. The first kappa shape index (κ1) is 26.9. The number of nitrogens with two attached hydrogens (primary N) is 1. The highest BCUT2D eigenvalue weighted by molar-refractivity contribution is 5.75. The Hall–Kier alpha value is -1.09. The van der Waals surface area contributed by atoms with Crippen molar-refractivity contribution in [3.8, 4) is 11.8 Å². The smallest absolute Gasteiger partial charge is 0.219 e. The van der Waals surface area contributed by atoms with Gasteiger partial charge in [-0.05, 0) is 66.0 Å². The zero-order valence-electron chi connectivity index (χ0n) is 19.1. The molecule has 0 radical (unpaired) electrons. The van der Waals surface area contributed by atoms with Crippen LogP contribution in [0.3, 0.4) is 0 Å². The van der Waals surface area contributed by atoms with Gasteiger partial charge in [0.05, 0.1) is 5.54 Å². The molecule has 0 spiro atoms. The summed E-state index contributed by atoms with van der Waals surface area (Å²) in [6, 6.07) is 0.914. The predicted octanol–water partition coefficient (Wildman–Crippen LogP) is 3.33. The lowest BCUT2D eigenvalue weighted by Crippen LogP contribution is -2.46. The molecule has 0 aromatic heterocycles. The van der Waals surface area contributed by atoms with E-state index in [9.17, 15) is 4.79 Å². The van der Waals surface area contributed by atoms with Crippen molar-refractivity contribution in [1.29, 1.82) is 0 Å². The topological polar surface area (TPSA) is 79.2 Å². The Morgan fingerprint density at radius 1 is 1.04 bits per heavy atom. The van der Waals surface area contributed by atoms with E-state index in [1.165, 1.54) is 19.3 Å². The number of hydrogen-bond donors (Lipinski definition) is 4. The van der Waals surface area contributed by atoms with Gasteiger partial charge in [-0.2, -0.15) is 0 Å². The summed E-state index contributed by atoms with van der Waals surface area (Å²) in [7, 11) is 0. The van der Waals surface area contributed by atoms with Gasteiger partial charge in [0.15, 0.2) is 0 Å². The first-order valence-electron chi connectivity index (χ1n) is 11.2. The van der Waals surface area contributed by atoms with Gasteiger partial charge in [-0.3, -0.25) is 10.1 Å². The molecule has 5 nitrogen and oxygen atoms in total. The molecule has 0 bridgehead atoms. The lowest BCUT2D eigenvalue weighted by molar-refractivity contribution is -0.121. The summed E-state index contributed by atoms with van der Waals surface area (Å²) in [6.45, 7) is 13.1. The fraction of sp³-hybridized carbons (Fsp3) is 0.870. The Labute approximate surface area is 174 Å². The maximum atomic E-state index is 12.0. The van der Waals surface area contributed by atoms with Gasteiger partial charge in [0.1, 0.15) is 0 Å². The SMILES string of the molecule is CC#CC(C)(CCCCC(=O)NCCCCCCNC(C)C)NC(C)CCN. The first-order chi connectivity index (χ1) is 13.3. The van der Waals surface area contributed by atoms with Crippen molar-refractivity contribution in [2.45, 2.75) is 110 Å². The van der Waals surface area contributed by atoms with Gasteiger partial charge >= 0.3 is 0 Å². The zero-order valence-corrected chi connectivity index (χ0v) is 19.1. The quantitative estimate of drug-likeness (QED) is 0.225. The third kappa shape index (κ3) is 15.9. The summed E-state index contributed by atoms with van der Waals surface area (Å²) in [6.07, 6.45) is 9.07. The maximum Gasteiger partial charge on any atom is 0.219 e. The largest absolute Gasteiger partial charge is 0.356 e. The van der Waals surface area contributed by atoms with Gasteiger partial charge in [-0.15, -0.1) is 5.92 Å². The van der Waals surface area contributed by atoms with Gasteiger partial charge in [0, 0.05) is 25.0 Å². The van der Waals surface area contributed by atoms with Crippen LogP contribution in [0, 0.1) is 11.8 Å². The molecule has 0 rings (SSSR count). The van der Waals surface area contributed by atoms with Gasteiger partial charge in [0.2, 0.25) is 5.91 Å². The second-order valence-corrected chi connectivity index (χ2v) is 8.41. The van der Waals surface area contributed by atoms with Crippen LogP contribution in [0.4, 0.5) is 0 Å². The molecule has 0 aliphatic heterocycles. The van der Waals surface area contributed by atoms with Crippen LogP contribution in [0.25, 0.3) is 0 Å². The van der Waals surface area contributed by atoms with Crippen LogP contribution in [0.15, 0.2) is 0 Å². The molecule has 0 aliphatic rings. The summed E-state index contributed by atoms with van der Waals surface area (Å²) in [5.74, 6) is 6.51. The highest BCUT2D eigenvalue weighted by Crippen LogP contribution is 2.16. The molecule has 0 saturated heterocycles. The lowest BCUT2D eigenvalue weighted by Gasteiger charge is -2.29. The molecule has 0 saturated carbocycles. The van der Waals surface area contributed by atoms with Crippen molar-refractivity contribution in [3.05, 3.63) is 0 Å². The number of rotatable bonds is 17. The molecule has 0 aliphatic carbocycles. The van der Waals surface area contributed by atoms with E-state index >= 15 is 0 Å². The predicted molar refractivity (Wildman–Crippen MR) is 121 cm³/mol. The molecule has 164 valence electrons. The Kier molecular flexibility index (Phi) is 16.2. The lowest BCUT2D eigenvalue weighted by atomic mass is 9.93. The van der Waals surface area contributed by atoms with Gasteiger partial charge in [0.25, 0.3) is 0 Å². The fourth-order valence-corrected chi connectivity index (χ4v) is 3.39. The average Bonchev–Trinajstić information content (AvgIpc) is 2.61. The molecule has 2 unspecified atom stereocenters. The van der Waals surface area contributed by atoms with E-state index in [4.69, 9.17) is 5.73 Å². The average molecular weight is 395 g/mol. The molecule has 28 heavy (non-hydrogen) atoms. The van der Waals surface area contributed by atoms with Crippen molar-refractivity contribution < 1.29 is 4.79 Å². The highest BCUT2D eigenvalue weighted by Gasteiger charge is 2.22. The molecular weight excluding hydrogens is 348 g/mol. The van der Waals surface area contributed by atoms with E-state index in [0.29, 0.717) is 25.0 Å². The third-order valence-electron chi connectivity index (χ3n) is 4.87. The van der Waals surface area contributed by atoms with Crippen LogP contribution in [0.2, 0.25) is 0 Å². The Morgan fingerprint density at radius 3 is 2.32 bits per heavy atom. The summed E-state index contributed by atoms with van der Waals surface area (Å²) < 4.78 is 0. The number of hydrogen-bond acceptors (Lipinski definition) is 4. The van der Waals surface area contributed by atoms with Crippen LogP contribution >= 0.6 is 0 Å². The normalized spacial score (nSPS) is 14.2. The number of carbonyl (C=O) groups is 1. The molecule has 5 heteroatoms. The molecule has 1 amide bonds. The van der Waals surface area contributed by atoms with E-state index in [0.717, 1.165) is 45.2 Å². The second kappa shape index (κ2) is 16.8. The van der Waals surface area contributed by atoms with Crippen LogP contribution in [0.5, 0.6) is 0 Å². The minimum Gasteiger partial charge on any atom is -0.356 e. The van der Waals surface area contributed by atoms with Gasteiger partial charge in [-0.1, -0.05) is 39.0 Å². The standard InChI is InChI=1S/C23H46N4O/c1-6-15-23(5,27-21(4)14-17-24)16-10-9-13-22(28)26-19-12-8-7-11-18-25-20(2)3/h20-21,25,27H,7-14,16-19,24H2,1-5H3,(H,26,28). The van der Waals surface area contributed by atoms with Crippen LogP contribution in [-0.2, 0) is 4.79 Å². The third-order valence-corrected chi connectivity index (χ3v) is 4.87. The van der Waals surface area contributed by atoms with Crippen molar-refractivity contribution in [1.82, 2.24) is 16.0 Å². The molecule has 0 aromatic rings. The zero-order chi connectivity index (χ0) is 21.3. The van der Waals surface area contributed by atoms with E-state index < -0.39 is 0 Å². The van der Waals surface area contributed by atoms with Crippen molar-refractivity contribution >= 4 is 5.91 Å². The molecule has 0 aromatic carbocycles. The van der Waals surface area contributed by atoms with E-state index in [1.54, 1.807) is 0 Å². The minimum absolute atomic E-state index is 0.175. The molecular formula is C23H46N4O. The van der Waals surface area contributed by atoms with E-state index in [-0.39, 0.29) is 11.4 Å². The summed E-state index contributed by atoms with van der Waals surface area (Å²) in [5, 5.41) is 10.1. The minimum atomic E-state index is -0.204. The number of amides is 1. The monoisotopic (exact) mass is 394 g/mol. The number of nitrogens with one attached hydrogen (secondary N) is 3. The van der Waals surface area contributed by atoms with Crippen molar-refractivity contribution in [2.75, 3.05) is 19.6 Å². The van der Waals surface area contributed by atoms with Gasteiger partial charge < -0.3 is 16.4 Å². The molecule has 0 heterocycles. The van der Waals surface area contributed by atoms with Crippen molar-refractivity contribution in [3.63, 3.8) is 0 Å². The second-order valence-electron chi connectivity index (χ2n) is 8.41. The van der Waals surface area contributed by atoms with Crippen LogP contribution in [0.1, 0.15) is 92.4 Å². The Balaban J connectivity index is 3.81. The first-order valence-corrected chi connectivity index (χ1v) is 11.2. The van der Waals surface area contributed by atoms with E-state index in [1.807, 2.05) is 6.92 Å². The van der Waals surface area contributed by atoms with E-state index in [2.05, 4.69) is 55.5 Å². The Morgan fingerprint density at radius 2 is 1.71 bits per heavy atom. The van der Waals surface area contributed by atoms with Crippen LogP contribution < -0.4 is 21.7 Å². The molecule has 0 fully saturated rings. The molecule has 5 N–H and O–H groups in total. The highest BCUT2D eigenvalue weighted by atomic mass is 16.1. The number of unbranched alkanes of at least 4 members (excludes halogenated alkanes) is 4. The summed E-state index contributed by atoms with van der Waals surface area (Å²) in [4.78, 5) is 12.0. The van der Waals surface area contributed by atoms with Gasteiger partial charge in [-0.25, -0.2) is 0 Å². The summed E-state index contributed by atoms with van der Waals surface area (Å²) >= 11 is 0. The van der Waals surface area contributed by atoms with Crippen molar-refractivity contribution in [2.24, 2.45) is 5.73 Å². The Bertz CT molecular complexity index is 455. The molecule has 2 atom stereocenters. The van der Waals surface area contributed by atoms with Crippen LogP contribution in [-0.4, -0.2) is 43.2 Å². The maximum absolute atomic E-state index is 12.0. The summed E-state index contributed by atoms with van der Waals surface area (Å²) in [5.41, 5.74) is 5.44.